The Morgan fingerprint density at radius 3 is 2.12 bits per heavy atom. The Morgan fingerprint density at radius 2 is 1.54 bits per heavy atom. The van der Waals surface area contributed by atoms with Gasteiger partial charge in [0.1, 0.15) is 36.8 Å². The molecule has 3 aromatic heterocycles. The summed E-state index contributed by atoms with van der Waals surface area (Å²) in [5.41, 5.74) is 3.07. The Bertz CT molecular complexity index is 2110. The van der Waals surface area contributed by atoms with Gasteiger partial charge in [-0.1, -0.05) is 72.8 Å². The molecule has 0 amide bonds. The highest BCUT2D eigenvalue weighted by Gasteiger charge is 2.66. The average molecular weight is 769 g/mol. The Kier molecular flexibility index (Phi) is 11.6. The lowest BCUT2D eigenvalue weighted by Gasteiger charge is -2.46. The van der Waals surface area contributed by atoms with Crippen molar-refractivity contribution in [3.8, 4) is 11.8 Å². The van der Waals surface area contributed by atoms with Gasteiger partial charge in [-0.05, 0) is 67.7 Å². The zero-order valence-electron chi connectivity index (χ0n) is 31.8. The molecule has 2 aliphatic heterocycles. The fraction of sp³-hybridized carbons (Fsp3) is 0.381. The molecule has 5 heterocycles. The van der Waals surface area contributed by atoms with E-state index < -0.39 is 17.8 Å². The molecular formula is C42H48N4O10. The first kappa shape index (κ1) is 39.2. The first-order valence-electron chi connectivity index (χ1n) is 18.4. The molecule has 0 radical (unpaired) electrons. The van der Waals surface area contributed by atoms with Gasteiger partial charge in [-0.15, -0.1) is 6.58 Å². The van der Waals surface area contributed by atoms with Gasteiger partial charge in [0.05, 0.1) is 48.8 Å². The van der Waals surface area contributed by atoms with Gasteiger partial charge in [0, 0.05) is 11.5 Å². The van der Waals surface area contributed by atoms with Crippen LogP contribution in [-0.4, -0.2) is 87.0 Å². The van der Waals surface area contributed by atoms with Crippen LogP contribution in [-0.2, 0) is 24.6 Å². The maximum atomic E-state index is 11.4. The van der Waals surface area contributed by atoms with E-state index in [9.17, 15) is 20.4 Å². The number of aromatic nitrogens is 2. The summed E-state index contributed by atoms with van der Waals surface area (Å²) in [7, 11) is 7.67. The van der Waals surface area contributed by atoms with Crippen molar-refractivity contribution in [1.29, 1.82) is 0 Å². The van der Waals surface area contributed by atoms with Crippen molar-refractivity contribution >= 4 is 0 Å². The van der Waals surface area contributed by atoms with Crippen molar-refractivity contribution in [3.63, 3.8) is 0 Å². The van der Waals surface area contributed by atoms with E-state index in [4.69, 9.17) is 27.7 Å². The molecule has 4 N–H and O–H groups in total. The van der Waals surface area contributed by atoms with Crippen molar-refractivity contribution in [1.82, 2.24) is 20.1 Å². The second-order valence-electron chi connectivity index (χ2n) is 14.5. The quantitative estimate of drug-likeness (QED) is 0.108. The van der Waals surface area contributed by atoms with Crippen molar-refractivity contribution in [2.24, 2.45) is 5.92 Å². The highest BCUT2D eigenvalue weighted by Crippen LogP contribution is 2.63. The zero-order chi connectivity index (χ0) is 39.6. The Labute approximate surface area is 324 Å². The number of furan rings is 1. The fourth-order valence-electron chi connectivity index (χ4n) is 8.14. The number of aliphatic hydroxyl groups excluding tert-OH is 4. The first-order valence-corrected chi connectivity index (χ1v) is 18.4. The lowest BCUT2D eigenvalue weighted by molar-refractivity contribution is -0.116. The van der Waals surface area contributed by atoms with Gasteiger partial charge in [-0.3, -0.25) is 9.80 Å². The summed E-state index contributed by atoms with van der Waals surface area (Å²) in [6, 6.07) is 20.5. The average Bonchev–Trinajstić information content (AvgIpc) is 4.05. The van der Waals surface area contributed by atoms with E-state index in [1.165, 1.54) is 6.26 Å². The second kappa shape index (κ2) is 16.6. The Hall–Kier alpha value is -5.06. The van der Waals surface area contributed by atoms with Gasteiger partial charge in [0.25, 0.3) is 11.8 Å². The van der Waals surface area contributed by atoms with Crippen LogP contribution in [0.1, 0.15) is 75.8 Å². The largest absolute Gasteiger partial charge is 0.470 e. The van der Waals surface area contributed by atoms with Crippen LogP contribution < -0.4 is 9.47 Å². The number of likely N-dealkylation sites (N-methyl/N-ethyl adjacent to an activating group) is 1. The van der Waals surface area contributed by atoms with Gasteiger partial charge in [-0.2, -0.15) is 0 Å². The van der Waals surface area contributed by atoms with Gasteiger partial charge in [0.15, 0.2) is 11.5 Å². The van der Waals surface area contributed by atoms with E-state index in [1.807, 2.05) is 99.8 Å². The molecule has 2 aromatic carbocycles. The summed E-state index contributed by atoms with van der Waals surface area (Å²) in [5, 5.41) is 50.1. The summed E-state index contributed by atoms with van der Waals surface area (Å²) < 4.78 is 34.7. The Morgan fingerprint density at radius 1 is 0.893 bits per heavy atom. The van der Waals surface area contributed by atoms with Crippen LogP contribution in [0.2, 0.25) is 0 Å². The molecule has 7 atom stereocenters. The molecule has 296 valence electrons. The summed E-state index contributed by atoms with van der Waals surface area (Å²) >= 11 is 0. The van der Waals surface area contributed by atoms with Gasteiger partial charge in [-0.25, -0.2) is 0 Å². The number of benzene rings is 2. The number of fused-ring (bicyclic) bond motifs is 2. The number of hydrogen-bond donors (Lipinski definition) is 4. The minimum atomic E-state index is -1.22. The lowest BCUT2D eigenvalue weighted by Crippen LogP contribution is -2.52. The molecule has 56 heavy (non-hydrogen) atoms. The summed E-state index contributed by atoms with van der Waals surface area (Å²) in [6.07, 6.45) is 3.48. The zero-order valence-corrected chi connectivity index (χ0v) is 31.8. The van der Waals surface area contributed by atoms with Crippen molar-refractivity contribution in [2.75, 3.05) is 34.8 Å². The molecule has 8 rings (SSSR count). The minimum absolute atomic E-state index is 0.0305. The molecule has 0 saturated carbocycles. The molecule has 2 bridgehead atoms. The van der Waals surface area contributed by atoms with Crippen LogP contribution in [0, 0.1) is 5.92 Å². The van der Waals surface area contributed by atoms with Gasteiger partial charge < -0.3 is 48.1 Å². The van der Waals surface area contributed by atoms with Crippen LogP contribution in [0.5, 0.6) is 11.8 Å². The maximum absolute atomic E-state index is 11.4. The molecule has 14 nitrogen and oxygen atoms in total. The number of aliphatic hydroxyl groups is 4. The SMILES string of the molecule is C=C[C@@H](c1onc(OCc2ccccc2)c1C(O)c1occc1CO)N(C)C.CN(C)[C@@H]1c2onc(OCc3ccccc3)c2C(O)[C@@]23O[C@@H](C=C2CO)C[C@@H]13. The van der Waals surface area contributed by atoms with Crippen molar-refractivity contribution < 1.29 is 48.1 Å². The summed E-state index contributed by atoms with van der Waals surface area (Å²) in [4.78, 5) is 3.93. The van der Waals surface area contributed by atoms with Gasteiger partial charge >= 0.3 is 0 Å². The first-order chi connectivity index (χ1) is 27.1. The monoisotopic (exact) mass is 768 g/mol. The molecule has 1 saturated heterocycles. The van der Waals surface area contributed by atoms with Crippen molar-refractivity contribution in [3.05, 3.63) is 142 Å². The smallest absolute Gasteiger partial charge is 0.261 e. The number of hydrogen-bond acceptors (Lipinski definition) is 14. The maximum Gasteiger partial charge on any atom is 0.261 e. The molecule has 14 heteroatoms. The predicted octanol–water partition coefficient (Wildman–Crippen LogP) is 5.19. The van der Waals surface area contributed by atoms with E-state index in [-0.39, 0.29) is 61.4 Å². The molecule has 1 aliphatic carbocycles. The third-order valence-corrected chi connectivity index (χ3v) is 10.7. The fourth-order valence-corrected chi connectivity index (χ4v) is 8.14. The van der Waals surface area contributed by atoms with Crippen LogP contribution in [0.4, 0.5) is 0 Å². The topological polar surface area (TPSA) is 180 Å². The minimum Gasteiger partial charge on any atom is -0.470 e. The number of rotatable bonds is 14. The van der Waals surface area contributed by atoms with Crippen molar-refractivity contribution in [2.45, 2.75) is 62.2 Å². The highest BCUT2D eigenvalue weighted by atomic mass is 16.6. The highest BCUT2D eigenvalue weighted by molar-refractivity contribution is 5.47. The molecule has 2 unspecified atom stereocenters. The third kappa shape index (κ3) is 7.09. The molecular weight excluding hydrogens is 720 g/mol. The van der Waals surface area contributed by atoms with Crippen LogP contribution in [0.3, 0.4) is 0 Å². The summed E-state index contributed by atoms with van der Waals surface area (Å²) in [5.74, 6) is 1.65. The second-order valence-corrected chi connectivity index (χ2v) is 14.5. The van der Waals surface area contributed by atoms with E-state index in [2.05, 4.69) is 21.8 Å². The van der Waals surface area contributed by atoms with E-state index in [0.29, 0.717) is 34.8 Å². The molecule has 3 aliphatic rings. The molecule has 5 aromatic rings. The molecule has 1 fully saturated rings. The normalized spacial score (nSPS) is 23.2. The van der Waals surface area contributed by atoms with E-state index in [1.54, 1.807) is 12.1 Å². The predicted molar refractivity (Wildman–Crippen MR) is 202 cm³/mol. The third-order valence-electron chi connectivity index (χ3n) is 10.7. The van der Waals surface area contributed by atoms with Crippen LogP contribution in [0.25, 0.3) is 0 Å². The van der Waals surface area contributed by atoms with E-state index >= 15 is 0 Å². The number of ether oxygens (including phenoxy) is 3. The Balaban J connectivity index is 0.000000172. The molecule has 1 spiro atoms. The van der Waals surface area contributed by atoms with Crippen LogP contribution >= 0.6 is 0 Å². The van der Waals surface area contributed by atoms with Crippen LogP contribution in [0.15, 0.2) is 111 Å². The summed E-state index contributed by atoms with van der Waals surface area (Å²) in [6.45, 7) is 4.02. The lowest BCUT2D eigenvalue weighted by atomic mass is 9.64. The standard InChI is InChI=1S/2C21H24N2O5/c1-23(2)17-15-9-14-8-13(10-24)21(15,27-14)19(25)16-18(17)28-22-20(16)26-11-12-6-4-3-5-7-12;1-4-16(23(2)3)20-17(18(25)19-15(12-24)10-11-26-19)21(22-28-20)27-13-14-8-6-5-7-9-14/h3-8,14-15,17,19,24-25H,9-11H2,1-2H3;4-11,16,18,24-25H,1,12-13H2,2-3H3/t14-,15-,17-,19?,21+;16-,18?/m00/s1. The number of nitrogens with zero attached hydrogens (tertiary/aromatic N) is 4. The van der Waals surface area contributed by atoms with Gasteiger partial charge in [0.2, 0.25) is 0 Å². The van der Waals surface area contributed by atoms with E-state index in [0.717, 1.165) is 23.1 Å².